The van der Waals surface area contributed by atoms with E-state index in [2.05, 4.69) is 25.4 Å². The van der Waals surface area contributed by atoms with Crippen LogP contribution < -0.4 is 15.8 Å². The first-order valence-electron chi connectivity index (χ1n) is 8.61. The van der Waals surface area contributed by atoms with Gasteiger partial charge in [-0.15, -0.1) is 0 Å². The summed E-state index contributed by atoms with van der Waals surface area (Å²) in [7, 11) is 0. The quantitative estimate of drug-likeness (QED) is 0.568. The number of nitrogen functional groups attached to an aromatic ring is 1. The van der Waals surface area contributed by atoms with Crippen LogP contribution in [0.25, 0.3) is 16.7 Å². The highest BCUT2D eigenvalue weighted by atomic mass is 19.1. The average molecular weight is 387 g/mol. The molecule has 0 spiro atoms. The van der Waals surface area contributed by atoms with Gasteiger partial charge in [0.2, 0.25) is 0 Å². The highest BCUT2D eigenvalue weighted by Gasteiger charge is 2.22. The number of fused-ring (bicyclic) bond motifs is 1. The Morgan fingerprint density at radius 2 is 2.25 bits per heavy atom. The van der Waals surface area contributed by atoms with Gasteiger partial charge in [-0.3, -0.25) is 0 Å². The summed E-state index contributed by atoms with van der Waals surface area (Å²) < 4.78 is 26.2. The van der Waals surface area contributed by atoms with Gasteiger partial charge in [0.1, 0.15) is 17.3 Å². The minimum atomic E-state index is -0.326. The molecule has 1 aliphatic rings. The Morgan fingerprint density at radius 1 is 1.39 bits per heavy atom. The third-order valence-corrected chi connectivity index (χ3v) is 4.06. The van der Waals surface area contributed by atoms with Crippen molar-refractivity contribution in [3.05, 3.63) is 41.4 Å². The van der Waals surface area contributed by atoms with Crippen LogP contribution in [-0.2, 0) is 13.2 Å². The molecule has 4 N–H and O–H groups in total. The number of dihydropyridines is 1. The van der Waals surface area contributed by atoms with Crippen molar-refractivity contribution in [2.75, 3.05) is 18.9 Å². The summed E-state index contributed by atoms with van der Waals surface area (Å²) in [5.74, 6) is 0.714. The van der Waals surface area contributed by atoms with Crippen molar-refractivity contribution in [3.63, 3.8) is 0 Å². The summed E-state index contributed by atoms with van der Waals surface area (Å²) in [6.45, 7) is 2.24. The maximum atomic E-state index is 13.8. The third kappa shape index (κ3) is 3.27. The minimum Gasteiger partial charge on any atom is -0.464 e. The van der Waals surface area contributed by atoms with Crippen molar-refractivity contribution in [1.29, 1.82) is 0 Å². The number of halogens is 1. The van der Waals surface area contributed by atoms with E-state index in [1.54, 1.807) is 16.8 Å². The van der Waals surface area contributed by atoms with Crippen LogP contribution >= 0.6 is 0 Å². The molecule has 28 heavy (non-hydrogen) atoms. The third-order valence-electron chi connectivity index (χ3n) is 4.06. The predicted molar refractivity (Wildman–Crippen MR) is 97.6 cm³/mol. The van der Waals surface area contributed by atoms with Gasteiger partial charge >= 0.3 is 6.01 Å². The van der Waals surface area contributed by atoms with E-state index in [4.69, 9.17) is 15.0 Å². The summed E-state index contributed by atoms with van der Waals surface area (Å²) in [6.07, 6.45) is 3.05. The largest absolute Gasteiger partial charge is 0.464 e. The van der Waals surface area contributed by atoms with Gasteiger partial charge in [-0.1, -0.05) is 5.16 Å². The molecule has 4 rings (SSSR count). The first-order valence-corrected chi connectivity index (χ1v) is 8.61. The summed E-state index contributed by atoms with van der Waals surface area (Å²) >= 11 is 0. The van der Waals surface area contributed by atoms with E-state index in [1.807, 2.05) is 6.92 Å². The smallest absolute Gasteiger partial charge is 0.320 e. The van der Waals surface area contributed by atoms with Gasteiger partial charge in [-0.25, -0.2) is 9.37 Å². The molecule has 0 bridgehead atoms. The van der Waals surface area contributed by atoms with E-state index in [-0.39, 0.29) is 37.4 Å². The van der Waals surface area contributed by atoms with Gasteiger partial charge in [-0.2, -0.15) is 9.97 Å². The molecule has 146 valence electrons. The number of aliphatic hydroxyl groups excluding tert-OH is 1. The maximum absolute atomic E-state index is 13.8. The van der Waals surface area contributed by atoms with Crippen LogP contribution in [0.5, 0.6) is 6.01 Å². The number of rotatable bonds is 6. The summed E-state index contributed by atoms with van der Waals surface area (Å²) in [4.78, 5) is 13.0. The van der Waals surface area contributed by atoms with Crippen LogP contribution in [0.4, 0.5) is 10.2 Å². The number of nitrogens with zero attached hydrogens (tertiary/aromatic N) is 5. The van der Waals surface area contributed by atoms with Gasteiger partial charge < -0.3 is 30.0 Å². The number of ether oxygens (including phenoxy) is 1. The van der Waals surface area contributed by atoms with Gasteiger partial charge in [0.05, 0.1) is 26.3 Å². The SMILES string of the molecule is CCOc1nc(N)c2nc(C3=CNCC(F)=C3)n(Cc3cc(CO)no3)c2n1. The number of hydrogen-bond donors (Lipinski definition) is 3. The molecule has 0 saturated carbocycles. The van der Waals surface area contributed by atoms with Gasteiger partial charge in [0.25, 0.3) is 0 Å². The lowest BCUT2D eigenvalue weighted by atomic mass is 10.2. The Bertz CT molecular complexity index is 1090. The molecule has 4 heterocycles. The standard InChI is InChI=1S/C17H18FN7O3/c1-2-27-17-22-14(19)13-16(23-17)25(7-12-4-11(8-26)24-28-12)15(21-13)9-3-10(18)6-20-5-9/h3-5,20,26H,2,6-8H2,1H3,(H2,19,22,23). The van der Waals surface area contributed by atoms with E-state index in [9.17, 15) is 9.50 Å². The summed E-state index contributed by atoms with van der Waals surface area (Å²) in [5, 5.41) is 15.8. The lowest BCUT2D eigenvalue weighted by Gasteiger charge is -2.12. The molecule has 10 nitrogen and oxygen atoms in total. The van der Waals surface area contributed by atoms with Crippen LogP contribution in [-0.4, -0.2) is 42.9 Å². The number of anilines is 1. The fourth-order valence-electron chi connectivity index (χ4n) is 2.87. The molecule has 3 aromatic rings. The van der Waals surface area contributed by atoms with Crippen LogP contribution in [0, 0.1) is 0 Å². The highest BCUT2D eigenvalue weighted by molar-refractivity contribution is 5.86. The molecule has 0 radical (unpaired) electrons. The van der Waals surface area contributed by atoms with Crippen molar-refractivity contribution in [2.45, 2.75) is 20.1 Å². The van der Waals surface area contributed by atoms with E-state index >= 15 is 0 Å². The normalized spacial score (nSPS) is 14.0. The zero-order valence-corrected chi connectivity index (χ0v) is 15.0. The molecule has 0 aliphatic carbocycles. The van der Waals surface area contributed by atoms with Crippen molar-refractivity contribution < 1.29 is 18.8 Å². The Hall–Kier alpha value is -3.47. The monoisotopic (exact) mass is 387 g/mol. The number of aromatic nitrogens is 5. The second-order valence-corrected chi connectivity index (χ2v) is 6.03. The van der Waals surface area contributed by atoms with E-state index in [0.717, 1.165) is 0 Å². The Morgan fingerprint density at radius 3 is 2.96 bits per heavy atom. The summed E-state index contributed by atoms with van der Waals surface area (Å²) in [6, 6.07) is 1.74. The lowest BCUT2D eigenvalue weighted by molar-refractivity contribution is 0.264. The number of nitrogens with one attached hydrogen (secondary N) is 1. The van der Waals surface area contributed by atoms with Crippen molar-refractivity contribution >= 4 is 22.6 Å². The molecular weight excluding hydrogens is 369 g/mol. The van der Waals surface area contributed by atoms with Crippen LogP contribution in [0.2, 0.25) is 0 Å². The topological polar surface area (TPSA) is 137 Å². The molecule has 0 atom stereocenters. The number of imidazole rings is 1. The summed E-state index contributed by atoms with van der Waals surface area (Å²) in [5.41, 5.74) is 7.73. The number of nitrogens with two attached hydrogens (primary N) is 1. The van der Waals surface area contributed by atoms with Crippen LogP contribution in [0.3, 0.4) is 0 Å². The molecule has 0 amide bonds. The molecule has 11 heteroatoms. The lowest BCUT2D eigenvalue weighted by Crippen LogP contribution is -2.14. The Kier molecular flexibility index (Phi) is 4.65. The van der Waals surface area contributed by atoms with Crippen LogP contribution in [0.15, 0.2) is 28.7 Å². The number of hydrogen-bond acceptors (Lipinski definition) is 9. The molecule has 0 unspecified atom stereocenters. The van der Waals surface area contributed by atoms with E-state index < -0.39 is 0 Å². The fourth-order valence-corrected chi connectivity index (χ4v) is 2.87. The molecule has 3 aromatic heterocycles. The van der Waals surface area contributed by atoms with Gasteiger partial charge in [-0.05, 0) is 13.0 Å². The highest BCUT2D eigenvalue weighted by Crippen LogP contribution is 2.28. The van der Waals surface area contributed by atoms with E-state index in [1.165, 1.54) is 6.08 Å². The zero-order valence-electron chi connectivity index (χ0n) is 15.0. The van der Waals surface area contributed by atoms with E-state index in [0.29, 0.717) is 40.6 Å². The molecule has 1 aliphatic heterocycles. The van der Waals surface area contributed by atoms with Crippen molar-refractivity contribution in [1.82, 2.24) is 30.0 Å². The first kappa shape index (κ1) is 17.9. The minimum absolute atomic E-state index is 0.113. The van der Waals surface area contributed by atoms with Gasteiger partial charge in [0.15, 0.2) is 22.7 Å². The second-order valence-electron chi connectivity index (χ2n) is 6.03. The second kappa shape index (κ2) is 7.27. The predicted octanol–water partition coefficient (Wildman–Crippen LogP) is 1.13. The first-order chi connectivity index (χ1) is 13.6. The molecule has 0 fully saturated rings. The Balaban J connectivity index is 1.88. The Labute approximate surface area is 158 Å². The van der Waals surface area contributed by atoms with Crippen LogP contribution in [0.1, 0.15) is 24.2 Å². The van der Waals surface area contributed by atoms with Crippen molar-refractivity contribution in [2.24, 2.45) is 0 Å². The maximum Gasteiger partial charge on any atom is 0.320 e. The number of aliphatic hydroxyl groups is 1. The zero-order chi connectivity index (χ0) is 19.7. The number of allylic oxidation sites excluding steroid dienone is 2. The molecule has 0 aromatic carbocycles. The molecular formula is C17H18FN7O3. The van der Waals surface area contributed by atoms with Gasteiger partial charge in [0, 0.05) is 17.8 Å². The van der Waals surface area contributed by atoms with Crippen molar-refractivity contribution in [3.8, 4) is 6.01 Å². The fraction of sp³-hybridized carbons (Fsp3) is 0.294. The average Bonchev–Trinajstić information content (AvgIpc) is 3.28. The molecule has 0 saturated heterocycles.